The maximum Gasteiger partial charge on any atom is 0.163 e. The van der Waals surface area contributed by atoms with Crippen LogP contribution in [0.5, 0.6) is 11.5 Å². The molecule has 3 heterocycles. The molecule has 1 aromatic carbocycles. The van der Waals surface area contributed by atoms with Crippen molar-refractivity contribution in [2.24, 2.45) is 5.73 Å². The third-order valence-electron chi connectivity index (χ3n) is 4.47. The maximum absolute atomic E-state index is 6.39. The van der Waals surface area contributed by atoms with Gasteiger partial charge in [-0.1, -0.05) is 6.07 Å². The van der Waals surface area contributed by atoms with Gasteiger partial charge in [-0.15, -0.1) is 0 Å². The summed E-state index contributed by atoms with van der Waals surface area (Å²) in [6.07, 6.45) is 7.09. The highest BCUT2D eigenvalue weighted by Crippen LogP contribution is 2.33. The molecule has 0 spiro atoms. The number of hydrogen-bond donors (Lipinski definition) is 1. The smallest absolute Gasteiger partial charge is 0.163 e. The molecule has 0 aliphatic rings. The molecule has 0 amide bonds. The Morgan fingerprint density at radius 2 is 1.78 bits per heavy atom. The van der Waals surface area contributed by atoms with E-state index in [2.05, 4.69) is 10.1 Å². The fourth-order valence-electron chi connectivity index (χ4n) is 3.00. The number of methoxy groups -OCH3 is 2. The molecule has 1 unspecified atom stereocenters. The van der Waals surface area contributed by atoms with Gasteiger partial charge in [0.25, 0.3) is 0 Å². The van der Waals surface area contributed by atoms with Gasteiger partial charge < -0.3 is 15.2 Å². The van der Waals surface area contributed by atoms with E-state index < -0.39 is 0 Å². The highest BCUT2D eigenvalue weighted by molar-refractivity contribution is 5.78. The van der Waals surface area contributed by atoms with Gasteiger partial charge in [0.05, 0.1) is 32.2 Å². The summed E-state index contributed by atoms with van der Waals surface area (Å²) in [7, 11) is 3.23. The van der Waals surface area contributed by atoms with Gasteiger partial charge >= 0.3 is 0 Å². The minimum Gasteiger partial charge on any atom is -0.493 e. The van der Waals surface area contributed by atoms with Crippen molar-refractivity contribution in [1.82, 2.24) is 19.6 Å². The molecule has 0 saturated heterocycles. The quantitative estimate of drug-likeness (QED) is 0.588. The predicted octanol–water partition coefficient (Wildman–Crippen LogP) is 2.86. The first-order valence-corrected chi connectivity index (χ1v) is 8.43. The first-order chi connectivity index (χ1) is 13.2. The number of pyridine rings is 1. The van der Waals surface area contributed by atoms with Crippen LogP contribution >= 0.6 is 0 Å². The normalized spacial score (nSPS) is 12.1. The maximum atomic E-state index is 6.39. The van der Waals surface area contributed by atoms with E-state index in [9.17, 15) is 0 Å². The summed E-state index contributed by atoms with van der Waals surface area (Å²) >= 11 is 0. The third kappa shape index (κ3) is 3.09. The molecule has 4 rings (SSSR count). The lowest BCUT2D eigenvalue weighted by atomic mass is 10.1. The lowest BCUT2D eigenvalue weighted by Crippen LogP contribution is -2.14. The van der Waals surface area contributed by atoms with Crippen LogP contribution in [0.1, 0.15) is 17.3 Å². The highest BCUT2D eigenvalue weighted by Gasteiger charge is 2.15. The van der Waals surface area contributed by atoms with Crippen molar-refractivity contribution in [3.8, 4) is 22.6 Å². The second-order valence-electron chi connectivity index (χ2n) is 6.01. The molecule has 0 aliphatic heterocycles. The summed E-state index contributed by atoms with van der Waals surface area (Å²) < 4.78 is 12.5. The first kappa shape index (κ1) is 17.0. The average molecular weight is 361 g/mol. The van der Waals surface area contributed by atoms with Crippen LogP contribution in [0.3, 0.4) is 0 Å². The van der Waals surface area contributed by atoms with Crippen molar-refractivity contribution >= 4 is 5.65 Å². The number of nitrogens with two attached hydrogens (primary N) is 1. The molecular formula is C20H19N5O2. The molecule has 7 heteroatoms. The van der Waals surface area contributed by atoms with E-state index >= 15 is 0 Å². The lowest BCUT2D eigenvalue weighted by molar-refractivity contribution is 0.355. The first-order valence-electron chi connectivity index (χ1n) is 8.43. The van der Waals surface area contributed by atoms with Crippen LogP contribution in [-0.4, -0.2) is 33.8 Å². The average Bonchev–Trinajstić information content (AvgIpc) is 3.16. The van der Waals surface area contributed by atoms with Crippen molar-refractivity contribution in [2.45, 2.75) is 6.04 Å². The predicted molar refractivity (Wildman–Crippen MR) is 102 cm³/mol. The topological polar surface area (TPSA) is 87.6 Å². The monoisotopic (exact) mass is 361 g/mol. The zero-order valence-electron chi connectivity index (χ0n) is 15.0. The Morgan fingerprint density at radius 1 is 1.00 bits per heavy atom. The van der Waals surface area contributed by atoms with Crippen LogP contribution in [0.4, 0.5) is 0 Å². The molecule has 3 aromatic heterocycles. The molecule has 2 N–H and O–H groups in total. The van der Waals surface area contributed by atoms with Crippen LogP contribution in [-0.2, 0) is 0 Å². The molecule has 4 aromatic rings. The van der Waals surface area contributed by atoms with Crippen LogP contribution < -0.4 is 15.2 Å². The van der Waals surface area contributed by atoms with Crippen LogP contribution in [0.2, 0.25) is 0 Å². The van der Waals surface area contributed by atoms with Gasteiger partial charge in [0.2, 0.25) is 0 Å². The Morgan fingerprint density at radius 3 is 2.52 bits per heavy atom. The largest absolute Gasteiger partial charge is 0.493 e. The Hall–Kier alpha value is -3.45. The van der Waals surface area contributed by atoms with Crippen molar-refractivity contribution in [2.75, 3.05) is 14.2 Å². The second-order valence-corrected chi connectivity index (χ2v) is 6.01. The summed E-state index contributed by atoms with van der Waals surface area (Å²) in [6, 6.07) is 11.0. The number of benzene rings is 1. The summed E-state index contributed by atoms with van der Waals surface area (Å²) in [5.74, 6) is 1.32. The van der Waals surface area contributed by atoms with Gasteiger partial charge in [-0.3, -0.25) is 4.98 Å². The summed E-state index contributed by atoms with van der Waals surface area (Å²) in [6.45, 7) is 0. The second kappa shape index (κ2) is 7.05. The standard InChI is InChI=1S/C20H19N5O2/c1-26-17-4-3-14(11-18(17)27-2)15-12-23-25-10-7-16(24-20(15)25)19(21)13-5-8-22-9-6-13/h3-12,19H,21H2,1-2H3. The zero-order chi connectivity index (χ0) is 18.8. The number of fused-ring (bicyclic) bond motifs is 1. The molecule has 0 bridgehead atoms. The lowest BCUT2D eigenvalue weighted by Gasteiger charge is -2.12. The van der Waals surface area contributed by atoms with Crippen LogP contribution in [0, 0.1) is 0 Å². The third-order valence-corrected chi connectivity index (χ3v) is 4.47. The van der Waals surface area contributed by atoms with Gasteiger partial charge in [0, 0.05) is 24.2 Å². The van der Waals surface area contributed by atoms with Crippen molar-refractivity contribution in [3.63, 3.8) is 0 Å². The fraction of sp³-hybridized carbons (Fsp3) is 0.150. The Balaban J connectivity index is 1.79. The van der Waals surface area contributed by atoms with Gasteiger partial charge in [-0.05, 0) is 41.5 Å². The number of nitrogens with zero attached hydrogens (tertiary/aromatic N) is 4. The SMILES string of the molecule is COc1ccc(-c2cnn3ccc(C(N)c4ccncc4)nc23)cc1OC. The Labute approximate surface area is 156 Å². The summed E-state index contributed by atoms with van der Waals surface area (Å²) in [5.41, 5.74) is 10.7. The van der Waals surface area contributed by atoms with Crippen LogP contribution in [0.25, 0.3) is 16.8 Å². The van der Waals surface area contributed by atoms with Crippen molar-refractivity contribution < 1.29 is 9.47 Å². The summed E-state index contributed by atoms with van der Waals surface area (Å²) in [4.78, 5) is 8.80. The molecule has 7 nitrogen and oxygen atoms in total. The number of ether oxygens (including phenoxy) is 2. The highest BCUT2D eigenvalue weighted by atomic mass is 16.5. The molecule has 0 aliphatic carbocycles. The minimum atomic E-state index is -0.342. The molecule has 0 radical (unpaired) electrons. The number of rotatable bonds is 5. The Bertz CT molecular complexity index is 1080. The minimum absolute atomic E-state index is 0.342. The molecule has 0 saturated carbocycles. The van der Waals surface area contributed by atoms with Crippen molar-refractivity contribution in [1.29, 1.82) is 0 Å². The molecule has 27 heavy (non-hydrogen) atoms. The van der Waals surface area contributed by atoms with Gasteiger partial charge in [-0.2, -0.15) is 5.10 Å². The van der Waals surface area contributed by atoms with Gasteiger partial charge in [0.15, 0.2) is 17.1 Å². The number of hydrogen-bond acceptors (Lipinski definition) is 6. The molecule has 136 valence electrons. The summed E-state index contributed by atoms with van der Waals surface area (Å²) in [5, 5.41) is 4.40. The molecule has 0 fully saturated rings. The van der Waals surface area contributed by atoms with Gasteiger partial charge in [-0.25, -0.2) is 9.50 Å². The molecule has 1 atom stereocenters. The van der Waals surface area contributed by atoms with E-state index in [1.165, 1.54) is 0 Å². The number of aromatic nitrogens is 4. The van der Waals surface area contributed by atoms with E-state index in [0.29, 0.717) is 11.5 Å². The van der Waals surface area contributed by atoms with E-state index in [-0.39, 0.29) is 6.04 Å². The van der Waals surface area contributed by atoms with Gasteiger partial charge in [0.1, 0.15) is 0 Å². The molecular weight excluding hydrogens is 342 g/mol. The fourth-order valence-corrected chi connectivity index (χ4v) is 3.00. The van der Waals surface area contributed by atoms with Crippen molar-refractivity contribution in [3.05, 3.63) is 72.4 Å². The van der Waals surface area contributed by atoms with E-state index in [0.717, 1.165) is 28.0 Å². The van der Waals surface area contributed by atoms with E-state index in [4.69, 9.17) is 20.2 Å². The van der Waals surface area contributed by atoms with E-state index in [1.807, 2.05) is 42.6 Å². The Kier molecular flexibility index (Phi) is 4.43. The zero-order valence-corrected chi connectivity index (χ0v) is 15.0. The van der Waals surface area contributed by atoms with Crippen LogP contribution in [0.15, 0.2) is 61.2 Å². The van der Waals surface area contributed by atoms with E-state index in [1.54, 1.807) is 37.3 Å².